The van der Waals surface area contributed by atoms with Gasteiger partial charge in [-0.3, -0.25) is 0 Å². The van der Waals surface area contributed by atoms with Gasteiger partial charge in [-0.25, -0.2) is 0 Å². The van der Waals surface area contributed by atoms with Gasteiger partial charge in [0.05, 0.1) is 6.61 Å². The minimum absolute atomic E-state index is 0.399. The largest absolute Gasteiger partial charge is 0.509 e. The van der Waals surface area contributed by atoms with E-state index >= 15 is 0 Å². The predicted molar refractivity (Wildman–Crippen MR) is 68.3 cm³/mol. The molecule has 6 N–H and O–H groups in total. The van der Waals surface area contributed by atoms with E-state index < -0.39 is 36.8 Å². The van der Waals surface area contributed by atoms with Crippen LogP contribution in [0.5, 0.6) is 0 Å². The van der Waals surface area contributed by atoms with Crippen molar-refractivity contribution < 1.29 is 30.6 Å². The van der Waals surface area contributed by atoms with Gasteiger partial charge in [-0.2, -0.15) is 0 Å². The molecule has 0 aromatic carbocycles. The van der Waals surface area contributed by atoms with Crippen LogP contribution in [0.2, 0.25) is 0 Å². The van der Waals surface area contributed by atoms with E-state index in [1.54, 1.807) is 12.2 Å². The Morgan fingerprint density at radius 1 is 1.16 bits per heavy atom. The van der Waals surface area contributed by atoms with Crippen LogP contribution in [0.3, 0.4) is 0 Å². The second-order valence-electron chi connectivity index (χ2n) is 4.57. The molecule has 0 aromatic heterocycles. The van der Waals surface area contributed by atoms with Crippen molar-refractivity contribution in [3.8, 4) is 0 Å². The summed E-state index contributed by atoms with van der Waals surface area (Å²) < 4.78 is 0. The van der Waals surface area contributed by atoms with Crippen molar-refractivity contribution in [2.75, 3.05) is 6.61 Å². The van der Waals surface area contributed by atoms with Gasteiger partial charge in [0.15, 0.2) is 0 Å². The van der Waals surface area contributed by atoms with Crippen molar-refractivity contribution in [1.29, 1.82) is 0 Å². The Hall–Kier alpha value is -1.18. The van der Waals surface area contributed by atoms with Crippen molar-refractivity contribution in [3.05, 3.63) is 35.1 Å². The second-order valence-corrected chi connectivity index (χ2v) is 4.57. The molecular weight excluding hydrogens is 252 g/mol. The Labute approximate surface area is 111 Å². The summed E-state index contributed by atoms with van der Waals surface area (Å²) in [5.41, 5.74) is 1.44. The van der Waals surface area contributed by atoms with Crippen molar-refractivity contribution in [1.82, 2.24) is 0 Å². The summed E-state index contributed by atoms with van der Waals surface area (Å²) in [7, 11) is 0. The molecule has 0 bridgehead atoms. The summed E-state index contributed by atoms with van der Waals surface area (Å²) >= 11 is 0. The number of aliphatic hydroxyl groups excluding tert-OH is 6. The smallest absolute Gasteiger partial charge is 0.139 e. The van der Waals surface area contributed by atoms with Gasteiger partial charge < -0.3 is 30.6 Å². The maximum atomic E-state index is 9.84. The lowest BCUT2D eigenvalue weighted by atomic mass is 9.96. The van der Waals surface area contributed by atoms with Crippen LogP contribution in [-0.4, -0.2) is 61.7 Å². The van der Waals surface area contributed by atoms with Crippen LogP contribution in [0.1, 0.15) is 13.3 Å². The van der Waals surface area contributed by atoms with Gasteiger partial charge >= 0.3 is 0 Å². The highest BCUT2D eigenvalue weighted by atomic mass is 16.4. The standard InChI is InChI=1S/C13H20O6/c1-7-2-4-8(5-3-7)10(16)12(18)13(19)11(17)9(15)6-14/h2-4,9,11-19H,5-6H2,1H3/t9-,11-,12+,13+/m1/s1. The highest BCUT2D eigenvalue weighted by molar-refractivity contribution is 5.36. The predicted octanol–water partition coefficient (Wildman–Crippen LogP) is -0.859. The van der Waals surface area contributed by atoms with E-state index in [0.717, 1.165) is 5.57 Å². The summed E-state index contributed by atoms with van der Waals surface area (Å²) in [6, 6.07) is 0. The fourth-order valence-corrected chi connectivity index (χ4v) is 1.70. The summed E-state index contributed by atoms with van der Waals surface area (Å²) in [4.78, 5) is 0. The average molecular weight is 272 g/mol. The first-order valence-corrected chi connectivity index (χ1v) is 5.98. The first-order chi connectivity index (χ1) is 8.88. The van der Waals surface area contributed by atoms with Gasteiger partial charge in [-0.05, 0) is 18.9 Å². The normalized spacial score (nSPS) is 24.4. The lowest BCUT2D eigenvalue weighted by Gasteiger charge is -2.26. The van der Waals surface area contributed by atoms with Crippen molar-refractivity contribution >= 4 is 0 Å². The van der Waals surface area contributed by atoms with E-state index in [-0.39, 0.29) is 0 Å². The first-order valence-electron chi connectivity index (χ1n) is 5.98. The zero-order chi connectivity index (χ0) is 14.6. The van der Waals surface area contributed by atoms with E-state index in [9.17, 15) is 25.5 Å². The lowest BCUT2D eigenvalue weighted by molar-refractivity contribution is -0.113. The zero-order valence-corrected chi connectivity index (χ0v) is 10.6. The molecule has 19 heavy (non-hydrogen) atoms. The van der Waals surface area contributed by atoms with E-state index in [2.05, 4.69) is 0 Å². The second kappa shape index (κ2) is 6.83. The quantitative estimate of drug-likeness (QED) is 0.362. The van der Waals surface area contributed by atoms with Gasteiger partial charge in [0.2, 0.25) is 0 Å². The molecule has 6 heteroatoms. The third-order valence-electron chi connectivity index (χ3n) is 3.06. The van der Waals surface area contributed by atoms with E-state index in [0.29, 0.717) is 12.0 Å². The molecule has 0 saturated carbocycles. The minimum atomic E-state index is -1.80. The number of hydrogen-bond donors (Lipinski definition) is 6. The third kappa shape index (κ3) is 3.89. The molecule has 0 amide bonds. The van der Waals surface area contributed by atoms with Crippen molar-refractivity contribution in [2.24, 2.45) is 0 Å². The third-order valence-corrected chi connectivity index (χ3v) is 3.06. The molecule has 0 fully saturated rings. The topological polar surface area (TPSA) is 121 Å². The van der Waals surface area contributed by atoms with Crippen LogP contribution in [0.4, 0.5) is 0 Å². The molecule has 1 aliphatic rings. The number of aliphatic hydroxyl groups is 6. The monoisotopic (exact) mass is 272 g/mol. The van der Waals surface area contributed by atoms with Crippen LogP contribution >= 0.6 is 0 Å². The van der Waals surface area contributed by atoms with Crippen molar-refractivity contribution in [3.63, 3.8) is 0 Å². The van der Waals surface area contributed by atoms with Crippen LogP contribution in [0.25, 0.3) is 0 Å². The molecule has 1 rings (SSSR count). The molecule has 0 heterocycles. The highest BCUT2D eigenvalue weighted by Crippen LogP contribution is 2.21. The van der Waals surface area contributed by atoms with Crippen LogP contribution < -0.4 is 0 Å². The van der Waals surface area contributed by atoms with Gasteiger partial charge in [-0.15, -0.1) is 0 Å². The summed E-state index contributed by atoms with van der Waals surface area (Å²) in [5.74, 6) is -0.461. The molecular formula is C13H20O6. The molecule has 0 aliphatic heterocycles. The molecule has 0 saturated heterocycles. The zero-order valence-electron chi connectivity index (χ0n) is 10.6. The molecule has 108 valence electrons. The number of allylic oxidation sites excluding steroid dienone is 5. The van der Waals surface area contributed by atoms with E-state index in [1.165, 1.54) is 0 Å². The maximum Gasteiger partial charge on any atom is 0.139 e. The molecule has 0 aromatic rings. The molecule has 4 atom stereocenters. The number of rotatable bonds is 5. The Bertz CT molecular complexity index is 398. The Balaban J connectivity index is 2.80. The van der Waals surface area contributed by atoms with E-state index in [1.807, 2.05) is 13.0 Å². The van der Waals surface area contributed by atoms with Crippen LogP contribution in [0, 0.1) is 0 Å². The van der Waals surface area contributed by atoms with Gasteiger partial charge in [0, 0.05) is 0 Å². The fourth-order valence-electron chi connectivity index (χ4n) is 1.70. The highest BCUT2D eigenvalue weighted by Gasteiger charge is 2.33. The SMILES string of the molecule is CC1=CCC(=C(O)[C@H](O)[C@@H](O)[C@H](O)[C@H](O)CO)C=C1. The molecule has 1 aliphatic carbocycles. The van der Waals surface area contributed by atoms with Gasteiger partial charge in [0.1, 0.15) is 30.2 Å². The molecule has 0 unspecified atom stereocenters. The molecule has 0 radical (unpaired) electrons. The Morgan fingerprint density at radius 3 is 2.26 bits per heavy atom. The Kier molecular flexibility index (Phi) is 5.71. The number of hydrogen-bond acceptors (Lipinski definition) is 6. The van der Waals surface area contributed by atoms with Crippen molar-refractivity contribution in [2.45, 2.75) is 37.8 Å². The minimum Gasteiger partial charge on any atom is -0.509 e. The molecule has 0 spiro atoms. The van der Waals surface area contributed by atoms with Gasteiger partial charge in [-0.1, -0.05) is 23.8 Å². The Morgan fingerprint density at radius 2 is 1.79 bits per heavy atom. The summed E-state index contributed by atoms with van der Waals surface area (Å²) in [6.45, 7) is 1.13. The fraction of sp³-hybridized carbons (Fsp3) is 0.538. The molecule has 6 nitrogen and oxygen atoms in total. The summed E-state index contributed by atoms with van der Waals surface area (Å²) in [5, 5.41) is 56.5. The first kappa shape index (κ1) is 15.9. The average Bonchev–Trinajstić information content (AvgIpc) is 2.44. The van der Waals surface area contributed by atoms with Gasteiger partial charge in [0.25, 0.3) is 0 Å². The lowest BCUT2D eigenvalue weighted by Crippen LogP contribution is -2.46. The summed E-state index contributed by atoms with van der Waals surface area (Å²) in [6.07, 6.45) is -1.29. The maximum absolute atomic E-state index is 9.84. The van der Waals surface area contributed by atoms with E-state index in [4.69, 9.17) is 5.11 Å². The van der Waals surface area contributed by atoms with Crippen LogP contribution in [0.15, 0.2) is 35.1 Å². The van der Waals surface area contributed by atoms with Crippen LogP contribution in [-0.2, 0) is 0 Å².